The van der Waals surface area contributed by atoms with E-state index < -0.39 is 24.2 Å². The number of nitrogens with zero attached hydrogens (tertiary/aromatic N) is 4. The Labute approximate surface area is 211 Å². The molecule has 1 fully saturated rings. The highest BCUT2D eigenvalue weighted by Gasteiger charge is 2.26. The highest BCUT2D eigenvalue weighted by atomic mass is 32.1. The number of rotatable bonds is 6. The van der Waals surface area contributed by atoms with E-state index in [9.17, 15) is 17.6 Å². The van der Waals surface area contributed by atoms with E-state index >= 15 is 0 Å². The summed E-state index contributed by atoms with van der Waals surface area (Å²) in [5.74, 6) is 0.320. The molecule has 192 valence electrons. The minimum Gasteiger partial charge on any atom is -0.376 e. The summed E-state index contributed by atoms with van der Waals surface area (Å²) in [6, 6.07) is 9.39. The smallest absolute Gasteiger partial charge is 0.282 e. The predicted molar refractivity (Wildman–Crippen MR) is 131 cm³/mol. The van der Waals surface area contributed by atoms with Crippen molar-refractivity contribution in [2.45, 2.75) is 57.3 Å². The SMILES string of the molecule is CC1NC(c2csc(C3CCN(C=Cn4nc(C(F)F)cc4C(F)F)CC3)n2)NCc2ccccc21. The maximum absolute atomic E-state index is 13.2. The Morgan fingerprint density at radius 2 is 1.86 bits per heavy atom. The van der Waals surface area contributed by atoms with Gasteiger partial charge in [-0.2, -0.15) is 5.10 Å². The number of thiazole rings is 1. The van der Waals surface area contributed by atoms with Gasteiger partial charge in [-0.05, 0) is 37.0 Å². The van der Waals surface area contributed by atoms with E-state index in [1.54, 1.807) is 17.5 Å². The van der Waals surface area contributed by atoms with Crippen LogP contribution in [0.2, 0.25) is 0 Å². The third kappa shape index (κ3) is 5.33. The number of piperidine rings is 1. The van der Waals surface area contributed by atoms with Crippen molar-refractivity contribution >= 4 is 17.5 Å². The van der Waals surface area contributed by atoms with Gasteiger partial charge in [-0.15, -0.1) is 11.3 Å². The van der Waals surface area contributed by atoms with Gasteiger partial charge in [0.15, 0.2) is 0 Å². The quantitative estimate of drug-likeness (QED) is 0.392. The number of hydrogen-bond donors (Lipinski definition) is 2. The summed E-state index contributed by atoms with van der Waals surface area (Å²) in [5.41, 5.74) is 2.39. The van der Waals surface area contributed by atoms with Crippen molar-refractivity contribution in [3.8, 4) is 0 Å². The zero-order valence-corrected chi connectivity index (χ0v) is 20.6. The first-order valence-electron chi connectivity index (χ1n) is 12.0. The van der Waals surface area contributed by atoms with Gasteiger partial charge in [-0.25, -0.2) is 27.2 Å². The molecule has 0 saturated carbocycles. The molecule has 3 aromatic rings. The van der Waals surface area contributed by atoms with Crippen LogP contribution in [0.25, 0.3) is 6.20 Å². The molecular weight excluding hydrogens is 492 g/mol. The Bertz CT molecular complexity index is 1200. The van der Waals surface area contributed by atoms with E-state index in [0.29, 0.717) is 5.92 Å². The van der Waals surface area contributed by atoms with Crippen molar-refractivity contribution in [3.05, 3.63) is 75.1 Å². The summed E-state index contributed by atoms with van der Waals surface area (Å²) in [6.45, 7) is 4.37. The summed E-state index contributed by atoms with van der Waals surface area (Å²) in [7, 11) is 0. The number of hydrogen-bond acceptors (Lipinski definition) is 6. The zero-order valence-electron chi connectivity index (χ0n) is 19.8. The molecule has 11 heteroatoms. The molecule has 36 heavy (non-hydrogen) atoms. The second-order valence-electron chi connectivity index (χ2n) is 9.16. The second-order valence-corrected chi connectivity index (χ2v) is 10.0. The summed E-state index contributed by atoms with van der Waals surface area (Å²) in [5, 5.41) is 14.0. The standard InChI is InChI=1S/C25H28F4N6S/c1-15-18-5-3-2-4-17(18)13-30-24(31-15)20-14-36-25(32-20)16-6-8-34(9-7-16)10-11-35-21(23(28)29)12-19(33-35)22(26)27/h2-5,10-12,14-16,22-24,30-31H,6-9,13H2,1H3. The Kier molecular flexibility index (Phi) is 7.40. The molecule has 0 bridgehead atoms. The fourth-order valence-electron chi connectivity index (χ4n) is 4.81. The molecule has 0 spiro atoms. The summed E-state index contributed by atoms with van der Waals surface area (Å²) in [6.07, 6.45) is -1.08. The van der Waals surface area contributed by atoms with Gasteiger partial charge in [0.1, 0.15) is 17.6 Å². The lowest BCUT2D eigenvalue weighted by Gasteiger charge is -2.30. The summed E-state index contributed by atoms with van der Waals surface area (Å²) in [4.78, 5) is 6.95. The molecular formula is C25H28F4N6S. The summed E-state index contributed by atoms with van der Waals surface area (Å²) < 4.78 is 53.0. The van der Waals surface area contributed by atoms with Crippen LogP contribution < -0.4 is 10.6 Å². The molecule has 2 N–H and O–H groups in total. The Morgan fingerprint density at radius 3 is 2.61 bits per heavy atom. The topological polar surface area (TPSA) is 58.0 Å². The lowest BCUT2D eigenvalue weighted by Crippen LogP contribution is -2.33. The molecule has 2 aliphatic rings. The lowest BCUT2D eigenvalue weighted by atomic mass is 9.98. The molecule has 0 radical (unpaired) electrons. The normalized spacial score (nSPS) is 21.5. The number of nitrogens with one attached hydrogen (secondary N) is 2. The van der Waals surface area contributed by atoms with E-state index in [0.717, 1.165) is 53.9 Å². The van der Waals surface area contributed by atoms with Crippen molar-refractivity contribution in [3.63, 3.8) is 0 Å². The van der Waals surface area contributed by atoms with Crippen LogP contribution in [0.5, 0.6) is 0 Å². The number of aromatic nitrogens is 3. The molecule has 4 heterocycles. The van der Waals surface area contributed by atoms with Crippen LogP contribution in [0, 0.1) is 0 Å². The lowest BCUT2D eigenvalue weighted by molar-refractivity contribution is 0.143. The first kappa shape index (κ1) is 24.9. The number of alkyl halides is 4. The largest absolute Gasteiger partial charge is 0.376 e. The van der Waals surface area contributed by atoms with Crippen LogP contribution >= 0.6 is 11.3 Å². The molecule has 6 nitrogen and oxygen atoms in total. The maximum Gasteiger partial charge on any atom is 0.282 e. The molecule has 0 amide bonds. The van der Waals surface area contributed by atoms with Gasteiger partial charge in [-0.1, -0.05) is 24.3 Å². The predicted octanol–water partition coefficient (Wildman–Crippen LogP) is 5.98. The van der Waals surface area contributed by atoms with Crippen LogP contribution in [0.1, 0.15) is 84.0 Å². The minimum absolute atomic E-state index is 0.0309. The van der Waals surface area contributed by atoms with E-state index in [2.05, 4.69) is 52.3 Å². The first-order chi connectivity index (χ1) is 17.4. The van der Waals surface area contributed by atoms with Gasteiger partial charge >= 0.3 is 0 Å². The van der Waals surface area contributed by atoms with Crippen LogP contribution in [-0.2, 0) is 6.54 Å². The zero-order chi connectivity index (χ0) is 25.2. The highest BCUT2D eigenvalue weighted by Crippen LogP contribution is 2.33. The molecule has 2 atom stereocenters. The molecule has 5 rings (SSSR count). The maximum atomic E-state index is 13.2. The Balaban J connectivity index is 1.19. The Morgan fingerprint density at radius 1 is 1.08 bits per heavy atom. The fourth-order valence-corrected chi connectivity index (χ4v) is 5.83. The highest BCUT2D eigenvalue weighted by molar-refractivity contribution is 7.09. The van der Waals surface area contributed by atoms with E-state index in [-0.39, 0.29) is 12.2 Å². The molecule has 0 aliphatic carbocycles. The summed E-state index contributed by atoms with van der Waals surface area (Å²) >= 11 is 1.67. The van der Waals surface area contributed by atoms with Crippen LogP contribution in [0.3, 0.4) is 0 Å². The average molecular weight is 521 g/mol. The Hall–Kier alpha value is -2.76. The van der Waals surface area contributed by atoms with Gasteiger partial charge in [-0.3, -0.25) is 10.6 Å². The van der Waals surface area contributed by atoms with E-state index in [1.807, 2.05) is 4.90 Å². The molecule has 2 aliphatic heterocycles. The minimum atomic E-state index is -2.89. The van der Waals surface area contributed by atoms with Gasteiger partial charge in [0.25, 0.3) is 12.9 Å². The molecule has 2 aromatic heterocycles. The van der Waals surface area contributed by atoms with Gasteiger partial charge < -0.3 is 4.90 Å². The van der Waals surface area contributed by atoms with Crippen LogP contribution in [0.15, 0.2) is 41.9 Å². The number of likely N-dealkylation sites (tertiary alicyclic amines) is 1. The molecule has 2 unspecified atom stereocenters. The van der Waals surface area contributed by atoms with E-state index in [4.69, 9.17) is 4.98 Å². The molecule has 1 saturated heterocycles. The molecule has 1 aromatic carbocycles. The van der Waals surface area contributed by atoms with Crippen molar-refractivity contribution in [1.29, 1.82) is 0 Å². The van der Waals surface area contributed by atoms with Crippen molar-refractivity contribution in [2.75, 3.05) is 13.1 Å². The van der Waals surface area contributed by atoms with Gasteiger partial charge in [0.05, 0.1) is 10.7 Å². The van der Waals surface area contributed by atoms with Crippen molar-refractivity contribution in [2.24, 2.45) is 0 Å². The third-order valence-electron chi connectivity index (χ3n) is 6.80. The fraction of sp³-hybridized carbons (Fsp3) is 0.440. The number of fused-ring (bicyclic) bond motifs is 1. The number of halogens is 4. The van der Waals surface area contributed by atoms with Crippen LogP contribution in [-0.4, -0.2) is 32.8 Å². The first-order valence-corrected chi connectivity index (χ1v) is 12.9. The second kappa shape index (κ2) is 10.7. The monoisotopic (exact) mass is 520 g/mol. The van der Waals surface area contributed by atoms with Crippen molar-refractivity contribution < 1.29 is 17.6 Å². The third-order valence-corrected chi connectivity index (χ3v) is 7.82. The van der Waals surface area contributed by atoms with Gasteiger partial charge in [0.2, 0.25) is 0 Å². The van der Waals surface area contributed by atoms with Crippen LogP contribution in [0.4, 0.5) is 17.6 Å². The number of benzene rings is 1. The van der Waals surface area contributed by atoms with Gasteiger partial charge in [0, 0.05) is 49.4 Å². The average Bonchev–Trinajstić information content (AvgIpc) is 3.50. The van der Waals surface area contributed by atoms with Crippen molar-refractivity contribution in [1.82, 2.24) is 30.3 Å². The van der Waals surface area contributed by atoms with E-state index in [1.165, 1.54) is 17.3 Å².